The number of fused-ring (bicyclic) bond motifs is 1. The third-order valence-electron chi connectivity index (χ3n) is 6.62. The lowest BCUT2D eigenvalue weighted by molar-refractivity contribution is 0.0531. The number of nitrogens with one attached hydrogen (secondary N) is 1. The van der Waals surface area contributed by atoms with Crippen LogP contribution in [0.25, 0.3) is 32.6 Å². The smallest absolute Gasteiger partial charge is 0.348 e. The second kappa shape index (κ2) is 11.9. The number of nitrogen functional groups attached to an aromatic ring is 1. The molecule has 0 atom stereocenters. The van der Waals surface area contributed by atoms with E-state index >= 15 is 0 Å². The minimum atomic E-state index is -0.548. The Labute approximate surface area is 250 Å². The number of carbonyl (C=O) groups excluding carboxylic acids is 2. The van der Waals surface area contributed by atoms with Crippen LogP contribution in [0.3, 0.4) is 0 Å². The number of pyridine rings is 1. The van der Waals surface area contributed by atoms with Crippen LogP contribution in [0.5, 0.6) is 11.5 Å². The SMILES string of the molecule is CCOC(=O)c1sc(NC(=O)c2sc3nc(-c4ccccc4)cc(-c4cc(OC)ccc4OC)c3c2N)c(C#N)c1C. The van der Waals surface area contributed by atoms with Gasteiger partial charge in [0.2, 0.25) is 0 Å². The van der Waals surface area contributed by atoms with Crippen molar-refractivity contribution in [1.29, 1.82) is 5.26 Å². The van der Waals surface area contributed by atoms with E-state index in [1.165, 1.54) is 0 Å². The van der Waals surface area contributed by atoms with Crippen molar-refractivity contribution >= 4 is 55.5 Å². The van der Waals surface area contributed by atoms with Crippen molar-refractivity contribution in [3.63, 3.8) is 0 Å². The highest BCUT2D eigenvalue weighted by atomic mass is 32.1. The number of hydrogen-bond donors (Lipinski definition) is 2. The molecule has 3 aromatic heterocycles. The van der Waals surface area contributed by atoms with Gasteiger partial charge in [-0.1, -0.05) is 30.3 Å². The monoisotopic (exact) mass is 598 g/mol. The Bertz CT molecular complexity index is 1870. The summed E-state index contributed by atoms with van der Waals surface area (Å²) in [5, 5.41) is 13.4. The summed E-state index contributed by atoms with van der Waals surface area (Å²) >= 11 is 2.13. The van der Waals surface area contributed by atoms with Crippen molar-refractivity contribution in [2.45, 2.75) is 13.8 Å². The summed E-state index contributed by atoms with van der Waals surface area (Å²) in [6.07, 6.45) is 0. The number of aromatic nitrogens is 1. The maximum atomic E-state index is 13.6. The first-order valence-electron chi connectivity index (χ1n) is 12.8. The van der Waals surface area contributed by atoms with Crippen LogP contribution in [0.2, 0.25) is 0 Å². The molecule has 42 heavy (non-hydrogen) atoms. The Balaban J connectivity index is 1.67. The predicted molar refractivity (Wildman–Crippen MR) is 166 cm³/mol. The number of carbonyl (C=O) groups is 2. The second-order valence-corrected chi connectivity index (χ2v) is 11.1. The van der Waals surface area contributed by atoms with E-state index in [2.05, 4.69) is 11.4 Å². The summed E-state index contributed by atoms with van der Waals surface area (Å²) in [5.74, 6) is 0.151. The summed E-state index contributed by atoms with van der Waals surface area (Å²) < 4.78 is 16.3. The van der Waals surface area contributed by atoms with Gasteiger partial charge in [0.05, 0.1) is 37.8 Å². The van der Waals surface area contributed by atoms with Crippen molar-refractivity contribution in [3.05, 3.63) is 75.5 Å². The van der Waals surface area contributed by atoms with Crippen molar-refractivity contribution in [3.8, 4) is 40.0 Å². The molecule has 0 saturated carbocycles. The van der Waals surface area contributed by atoms with Crippen LogP contribution in [-0.2, 0) is 4.74 Å². The second-order valence-electron chi connectivity index (χ2n) is 9.06. The molecule has 0 unspecified atom stereocenters. The fourth-order valence-corrected chi connectivity index (χ4v) is 6.63. The summed E-state index contributed by atoms with van der Waals surface area (Å²) in [7, 11) is 3.16. The van der Waals surface area contributed by atoms with E-state index in [4.69, 9.17) is 24.9 Å². The maximum Gasteiger partial charge on any atom is 0.348 e. The molecule has 0 fully saturated rings. The van der Waals surface area contributed by atoms with Gasteiger partial charge in [0.1, 0.15) is 37.2 Å². The molecule has 5 rings (SSSR count). The number of rotatable bonds is 8. The van der Waals surface area contributed by atoms with E-state index in [9.17, 15) is 14.9 Å². The third kappa shape index (κ3) is 5.13. The van der Waals surface area contributed by atoms with Gasteiger partial charge in [-0.15, -0.1) is 22.7 Å². The molecule has 0 bridgehead atoms. The zero-order valence-corrected chi connectivity index (χ0v) is 24.9. The topological polar surface area (TPSA) is 137 Å². The van der Waals surface area contributed by atoms with Gasteiger partial charge in [-0.25, -0.2) is 9.78 Å². The third-order valence-corrected chi connectivity index (χ3v) is 8.90. The summed E-state index contributed by atoms with van der Waals surface area (Å²) in [5.41, 5.74) is 10.6. The highest BCUT2D eigenvalue weighted by Crippen LogP contribution is 2.45. The van der Waals surface area contributed by atoms with E-state index in [-0.39, 0.29) is 32.6 Å². The summed E-state index contributed by atoms with van der Waals surface area (Å²) in [6, 6.07) is 19.1. The molecule has 5 aromatic rings. The summed E-state index contributed by atoms with van der Waals surface area (Å²) in [6.45, 7) is 3.54. The predicted octanol–water partition coefficient (Wildman–Crippen LogP) is 6.90. The van der Waals surface area contributed by atoms with Crippen LogP contribution in [0.1, 0.15) is 37.4 Å². The molecule has 9 nitrogen and oxygen atoms in total. The fraction of sp³-hybridized carbons (Fsp3) is 0.161. The zero-order chi connectivity index (χ0) is 30.0. The molecule has 0 radical (unpaired) electrons. The van der Waals surface area contributed by atoms with Gasteiger partial charge in [0, 0.05) is 22.1 Å². The largest absolute Gasteiger partial charge is 0.497 e. The number of thiophene rings is 2. The van der Waals surface area contributed by atoms with Crippen molar-refractivity contribution < 1.29 is 23.8 Å². The molecule has 0 aliphatic heterocycles. The number of nitrogens with two attached hydrogens (primary N) is 1. The molecular weight excluding hydrogens is 572 g/mol. The normalized spacial score (nSPS) is 10.7. The van der Waals surface area contributed by atoms with Crippen molar-refractivity contribution in [2.24, 2.45) is 0 Å². The molecule has 0 aliphatic carbocycles. The van der Waals surface area contributed by atoms with Crippen LogP contribution in [0, 0.1) is 18.3 Å². The Morgan fingerprint density at radius 3 is 2.45 bits per heavy atom. The van der Waals surface area contributed by atoms with Gasteiger partial charge >= 0.3 is 5.97 Å². The lowest BCUT2D eigenvalue weighted by Gasteiger charge is -2.13. The van der Waals surface area contributed by atoms with Gasteiger partial charge in [-0.2, -0.15) is 5.26 Å². The van der Waals surface area contributed by atoms with Crippen LogP contribution < -0.4 is 20.5 Å². The summed E-state index contributed by atoms with van der Waals surface area (Å²) in [4.78, 5) is 32.0. The van der Waals surface area contributed by atoms with Gasteiger partial charge in [0.25, 0.3) is 5.91 Å². The van der Waals surface area contributed by atoms with Gasteiger partial charge in [-0.3, -0.25) is 4.79 Å². The number of methoxy groups -OCH3 is 2. The highest BCUT2D eigenvalue weighted by Gasteiger charge is 2.26. The van der Waals surface area contributed by atoms with Gasteiger partial charge < -0.3 is 25.3 Å². The Morgan fingerprint density at radius 2 is 1.79 bits per heavy atom. The van der Waals surface area contributed by atoms with E-state index in [1.54, 1.807) is 34.1 Å². The molecule has 0 saturated heterocycles. The van der Waals surface area contributed by atoms with Crippen LogP contribution in [0.4, 0.5) is 10.7 Å². The highest BCUT2D eigenvalue weighted by molar-refractivity contribution is 7.22. The molecule has 11 heteroatoms. The number of esters is 1. The van der Waals surface area contributed by atoms with E-state index in [0.717, 1.165) is 39.4 Å². The molecule has 2 aromatic carbocycles. The number of amides is 1. The van der Waals surface area contributed by atoms with Crippen LogP contribution in [-0.4, -0.2) is 37.7 Å². The first kappa shape index (κ1) is 28.6. The minimum Gasteiger partial charge on any atom is -0.497 e. The molecule has 0 spiro atoms. The Kier molecular flexibility index (Phi) is 8.10. The van der Waals surface area contributed by atoms with E-state index in [1.807, 2.05) is 48.5 Å². The van der Waals surface area contributed by atoms with E-state index in [0.29, 0.717) is 33.0 Å². The number of hydrogen-bond acceptors (Lipinski definition) is 10. The standard InChI is InChI=1S/C31H26N4O5S2/c1-5-40-31(37)26-16(2)21(15-32)29(41-26)35-28(36)27-25(33)24-20(19-13-18(38-3)11-12-23(19)39-4)14-22(34-30(24)42-27)17-9-7-6-8-10-17/h6-14H,5,33H2,1-4H3,(H,35,36). The Morgan fingerprint density at radius 1 is 1.02 bits per heavy atom. The minimum absolute atomic E-state index is 0.191. The number of nitrogens with zero attached hydrogens (tertiary/aromatic N) is 2. The van der Waals surface area contributed by atoms with Crippen LogP contribution in [0.15, 0.2) is 54.6 Å². The molecular formula is C31H26N4O5S2. The quantitative estimate of drug-likeness (QED) is 0.184. The van der Waals surface area contributed by atoms with Gasteiger partial charge in [0.15, 0.2) is 0 Å². The van der Waals surface area contributed by atoms with Crippen molar-refractivity contribution in [2.75, 3.05) is 31.9 Å². The Hall–Kier alpha value is -4.92. The molecule has 212 valence electrons. The molecule has 3 heterocycles. The lowest BCUT2D eigenvalue weighted by Crippen LogP contribution is -2.11. The van der Waals surface area contributed by atoms with Crippen molar-refractivity contribution in [1.82, 2.24) is 4.98 Å². The maximum absolute atomic E-state index is 13.6. The average Bonchev–Trinajstić information content (AvgIpc) is 3.52. The average molecular weight is 599 g/mol. The first-order valence-corrected chi connectivity index (χ1v) is 14.5. The van der Waals surface area contributed by atoms with Crippen LogP contribution >= 0.6 is 22.7 Å². The number of ether oxygens (including phenoxy) is 3. The number of nitriles is 1. The zero-order valence-electron chi connectivity index (χ0n) is 23.2. The first-order chi connectivity index (χ1) is 20.3. The van der Waals surface area contributed by atoms with E-state index < -0.39 is 11.9 Å². The molecule has 1 amide bonds. The lowest BCUT2D eigenvalue weighted by atomic mass is 9.98. The van der Waals surface area contributed by atoms with Gasteiger partial charge in [-0.05, 0) is 43.7 Å². The fourth-order valence-electron chi connectivity index (χ4n) is 4.57. The molecule has 3 N–H and O–H groups in total. The molecule has 0 aliphatic rings. The number of anilines is 2. The number of benzene rings is 2.